The molecule has 0 amide bonds. The van der Waals surface area contributed by atoms with E-state index in [0.29, 0.717) is 30.8 Å². The number of nitrogens with one attached hydrogen (secondary N) is 1. The number of esters is 1. The minimum absolute atomic E-state index is 0.0567. The van der Waals surface area contributed by atoms with Crippen LogP contribution in [0.5, 0.6) is 0 Å². The Bertz CT molecular complexity index is 1420. The Morgan fingerprint density at radius 1 is 1.27 bits per heavy atom. The lowest BCUT2D eigenvalue weighted by Gasteiger charge is -2.61. The first kappa shape index (κ1) is 33.1. The van der Waals surface area contributed by atoms with E-state index in [1.165, 1.54) is 11.8 Å². The van der Waals surface area contributed by atoms with Gasteiger partial charge < -0.3 is 20.1 Å². The number of Topliss-reactive ketones (excluding diaryl/α,β-unsaturated/α-hetero) is 1. The summed E-state index contributed by atoms with van der Waals surface area (Å²) in [6.45, 7) is 13.0. The molecule has 0 spiro atoms. The molecule has 2 N–H and O–H groups in total. The third-order valence-electron chi connectivity index (χ3n) is 11.8. The Labute approximate surface area is 268 Å². The van der Waals surface area contributed by atoms with E-state index in [9.17, 15) is 24.3 Å². The van der Waals surface area contributed by atoms with Crippen molar-refractivity contribution in [1.29, 1.82) is 5.26 Å². The first-order valence-corrected chi connectivity index (χ1v) is 18.1. The number of rotatable bonds is 9. The van der Waals surface area contributed by atoms with E-state index >= 15 is 0 Å². The molecular weight excluding hydrogens is 599 g/mol. The second kappa shape index (κ2) is 12.5. The summed E-state index contributed by atoms with van der Waals surface area (Å²) in [5, 5.41) is 23.4. The third-order valence-corrected chi connectivity index (χ3v) is 14.0. The molecule has 4 fully saturated rings. The first-order valence-electron chi connectivity index (χ1n) is 15.8. The molecule has 1 heterocycles. The van der Waals surface area contributed by atoms with Crippen LogP contribution in [0.3, 0.4) is 0 Å². The van der Waals surface area contributed by atoms with Crippen LogP contribution in [0.4, 0.5) is 11.4 Å². The summed E-state index contributed by atoms with van der Waals surface area (Å²) in [5.41, 5.74) is -2.14. The van der Waals surface area contributed by atoms with Crippen molar-refractivity contribution in [1.82, 2.24) is 0 Å². The molecular formula is C33H45N3O6S2. The van der Waals surface area contributed by atoms with Gasteiger partial charge in [0.2, 0.25) is 0 Å². The van der Waals surface area contributed by atoms with Gasteiger partial charge in [-0.1, -0.05) is 33.8 Å². The zero-order valence-corrected chi connectivity index (χ0v) is 27.9. The topological polar surface area (TPSA) is 137 Å². The number of nitriles is 1. The van der Waals surface area contributed by atoms with E-state index in [2.05, 4.69) is 32.7 Å². The molecule has 0 radical (unpaired) electrons. The van der Waals surface area contributed by atoms with Crippen LogP contribution >= 0.6 is 23.5 Å². The summed E-state index contributed by atoms with van der Waals surface area (Å²) in [6, 6.07) is 1.88. The first-order chi connectivity index (χ1) is 20.9. The molecule has 9 atom stereocenters. The number of carbonyl (C=O) groups excluding carboxylic acids is 2. The van der Waals surface area contributed by atoms with E-state index in [4.69, 9.17) is 10.00 Å². The fraction of sp³-hybridized carbons (Fsp3) is 0.727. The number of ether oxygens (including phenoxy) is 1. The second-order valence-electron chi connectivity index (χ2n) is 13.9. The quantitative estimate of drug-likeness (QED) is 0.176. The predicted molar refractivity (Wildman–Crippen MR) is 176 cm³/mol. The van der Waals surface area contributed by atoms with Gasteiger partial charge >= 0.3 is 5.97 Å². The Balaban J connectivity index is 1.33. The summed E-state index contributed by atoms with van der Waals surface area (Å²) in [4.78, 5) is 53.8. The number of aliphatic hydroxyl groups is 1. The van der Waals surface area contributed by atoms with Crippen molar-refractivity contribution in [2.45, 2.75) is 78.0 Å². The molecule has 5 rings (SSSR count). The summed E-state index contributed by atoms with van der Waals surface area (Å²) in [5.74, 6) is 1.91. The van der Waals surface area contributed by atoms with Crippen LogP contribution in [0.15, 0.2) is 22.2 Å². The van der Waals surface area contributed by atoms with Crippen LogP contribution in [0, 0.1) is 45.3 Å². The monoisotopic (exact) mass is 643 g/mol. The highest BCUT2D eigenvalue weighted by atomic mass is 32.2. The number of anilines is 2. The summed E-state index contributed by atoms with van der Waals surface area (Å²) in [6.07, 6.45) is 4.00. The molecule has 2 bridgehead atoms. The third kappa shape index (κ3) is 5.23. The highest BCUT2D eigenvalue weighted by Crippen LogP contribution is 2.68. The van der Waals surface area contributed by atoms with Crippen LogP contribution in [-0.4, -0.2) is 71.2 Å². The van der Waals surface area contributed by atoms with Gasteiger partial charge in [0.25, 0.3) is 10.9 Å². The molecule has 1 aromatic rings. The smallest absolute Gasteiger partial charge is 0.316 e. The fourth-order valence-corrected chi connectivity index (χ4v) is 11.1. The van der Waals surface area contributed by atoms with Gasteiger partial charge in [-0.15, -0.1) is 18.3 Å². The molecule has 3 saturated carbocycles. The van der Waals surface area contributed by atoms with Gasteiger partial charge in [0.05, 0.1) is 17.9 Å². The van der Waals surface area contributed by atoms with Crippen LogP contribution in [0.2, 0.25) is 0 Å². The fourth-order valence-electron chi connectivity index (χ4n) is 9.01. The standard InChI is InChI=1S/C33H45N3O6S2/c1-6-31(4)15-23(32(5)19(2)7-9-33(20(3)30(31)41)10-8-22(37)29(32)33)42-24(38)18-44-17-21-16-43-14-13-36(21)26-25(35-12-11-34)27(39)28(26)40/h6,19-21,23,29-30,35,41H,1,7-10,12-18H2,2-5H3/t19-,20+,21?,23-,29+,30+,31-,32+,33+/m1/s1. The van der Waals surface area contributed by atoms with Crippen LogP contribution in [0.1, 0.15) is 59.8 Å². The van der Waals surface area contributed by atoms with E-state index in [0.717, 1.165) is 30.8 Å². The summed E-state index contributed by atoms with van der Waals surface area (Å²) < 4.78 is 6.37. The van der Waals surface area contributed by atoms with Gasteiger partial charge in [-0.2, -0.15) is 17.0 Å². The van der Waals surface area contributed by atoms with E-state index in [1.54, 1.807) is 17.8 Å². The number of nitrogens with zero attached hydrogens (tertiary/aromatic N) is 2. The number of hydrogen-bond acceptors (Lipinski definition) is 11. The number of carbonyl (C=O) groups is 2. The Kier molecular flexibility index (Phi) is 9.39. The Morgan fingerprint density at radius 3 is 2.73 bits per heavy atom. The van der Waals surface area contributed by atoms with Crippen LogP contribution in [0.25, 0.3) is 0 Å². The predicted octanol–water partition coefficient (Wildman–Crippen LogP) is 3.78. The number of aliphatic hydroxyl groups excluding tert-OH is 1. The van der Waals surface area contributed by atoms with Gasteiger partial charge in [-0.25, -0.2) is 0 Å². The lowest BCUT2D eigenvalue weighted by Crippen LogP contribution is -2.63. The van der Waals surface area contributed by atoms with Crippen LogP contribution < -0.4 is 21.1 Å². The molecule has 44 heavy (non-hydrogen) atoms. The molecule has 9 nitrogen and oxygen atoms in total. The van der Waals surface area contributed by atoms with Gasteiger partial charge in [0.15, 0.2) is 0 Å². The lowest BCUT2D eigenvalue weighted by atomic mass is 9.44. The minimum atomic E-state index is -0.709. The second-order valence-corrected chi connectivity index (χ2v) is 16.1. The maximum absolute atomic E-state index is 13.6. The summed E-state index contributed by atoms with van der Waals surface area (Å²) in [7, 11) is 0. The van der Waals surface area contributed by atoms with Crippen molar-refractivity contribution in [3.8, 4) is 6.07 Å². The van der Waals surface area contributed by atoms with Gasteiger partial charge in [0, 0.05) is 53.0 Å². The Hall–Kier alpha value is -2.29. The zero-order chi connectivity index (χ0) is 32.0. The van der Waals surface area contributed by atoms with E-state index < -0.39 is 33.9 Å². The van der Waals surface area contributed by atoms with Crippen molar-refractivity contribution < 1.29 is 19.4 Å². The highest BCUT2D eigenvalue weighted by molar-refractivity contribution is 8.00. The molecule has 1 unspecified atom stereocenters. The van der Waals surface area contributed by atoms with Crippen molar-refractivity contribution in [2.75, 3.05) is 46.3 Å². The lowest BCUT2D eigenvalue weighted by molar-refractivity contribution is -0.205. The van der Waals surface area contributed by atoms with Crippen LogP contribution in [-0.2, 0) is 14.3 Å². The number of thioether (sulfide) groups is 2. The highest BCUT2D eigenvalue weighted by Gasteiger charge is 2.68. The zero-order valence-electron chi connectivity index (χ0n) is 26.2. The average Bonchev–Trinajstić information content (AvgIpc) is 3.37. The normalized spacial score (nSPS) is 38.7. The van der Waals surface area contributed by atoms with Crippen molar-refractivity contribution in [3.05, 3.63) is 33.1 Å². The average molecular weight is 644 g/mol. The maximum atomic E-state index is 13.6. The maximum Gasteiger partial charge on any atom is 0.316 e. The SMILES string of the molecule is C=C[C@]1(C)C[C@@H](OC(=O)CSCC2CSCCN2c2c(NCC#N)c(=O)c2=O)[C@]2(C)[C@H](C)CC[C@]3(CCC(=O)[C@H]32)[C@@H](C)[C@@H]1O. The molecule has 1 saturated heterocycles. The number of hydrogen-bond donors (Lipinski definition) is 2. The van der Waals surface area contributed by atoms with Crippen molar-refractivity contribution in [3.63, 3.8) is 0 Å². The molecule has 3 aliphatic carbocycles. The summed E-state index contributed by atoms with van der Waals surface area (Å²) >= 11 is 3.20. The molecule has 11 heteroatoms. The largest absolute Gasteiger partial charge is 0.461 e. The molecule has 1 aromatic carbocycles. The molecule has 0 aromatic heterocycles. The van der Waals surface area contributed by atoms with Gasteiger partial charge in [0.1, 0.15) is 29.8 Å². The molecule has 4 aliphatic rings. The number of ketones is 1. The van der Waals surface area contributed by atoms with Crippen molar-refractivity contribution in [2.24, 2.45) is 34.0 Å². The van der Waals surface area contributed by atoms with Gasteiger partial charge in [-0.05, 0) is 42.9 Å². The van der Waals surface area contributed by atoms with Crippen molar-refractivity contribution >= 4 is 46.7 Å². The van der Waals surface area contributed by atoms with Gasteiger partial charge in [-0.3, -0.25) is 19.2 Å². The molecule has 240 valence electrons. The molecule has 1 aliphatic heterocycles. The van der Waals surface area contributed by atoms with E-state index in [1.807, 2.05) is 17.9 Å². The van der Waals surface area contributed by atoms with E-state index in [-0.39, 0.29) is 58.9 Å². The Morgan fingerprint density at radius 2 is 2.02 bits per heavy atom. The minimum Gasteiger partial charge on any atom is -0.461 e.